The van der Waals surface area contributed by atoms with E-state index in [9.17, 15) is 0 Å². The van der Waals surface area contributed by atoms with E-state index in [0.717, 1.165) is 26.2 Å². The van der Waals surface area contributed by atoms with Crippen molar-refractivity contribution in [2.45, 2.75) is 26.6 Å². The summed E-state index contributed by atoms with van der Waals surface area (Å²) in [6, 6.07) is 11.1. The van der Waals surface area contributed by atoms with Crippen molar-refractivity contribution in [2.24, 2.45) is 0 Å². The Morgan fingerprint density at radius 3 is 2.32 bits per heavy atom. The van der Waals surface area contributed by atoms with Crippen LogP contribution in [0.5, 0.6) is 0 Å². The highest BCUT2D eigenvalue weighted by Crippen LogP contribution is 2.12. The molecule has 0 radical (unpaired) electrons. The molecule has 1 heterocycles. The van der Waals surface area contributed by atoms with Gasteiger partial charge >= 0.3 is 0 Å². The van der Waals surface area contributed by atoms with E-state index < -0.39 is 0 Å². The standard InChI is InChI=1S/C16H22N2S/c1-3-17-10-14-4-6-15(7-5-14)11-18(2)12-16-8-9-19-13-16/h4-9,13,17H,3,10-12H2,1-2H3. The van der Waals surface area contributed by atoms with Gasteiger partial charge in [0.25, 0.3) is 0 Å². The first-order valence-corrected chi connectivity index (χ1v) is 7.70. The average Bonchev–Trinajstić information content (AvgIpc) is 2.90. The number of nitrogens with zero attached hydrogens (tertiary/aromatic N) is 1. The molecule has 0 aliphatic heterocycles. The summed E-state index contributed by atoms with van der Waals surface area (Å²) in [6.45, 7) is 6.13. The molecule has 1 aromatic heterocycles. The molecule has 0 aliphatic carbocycles. The maximum Gasteiger partial charge on any atom is 0.0242 e. The van der Waals surface area contributed by atoms with E-state index in [4.69, 9.17) is 0 Å². The molecule has 1 N–H and O–H groups in total. The Labute approximate surface area is 120 Å². The van der Waals surface area contributed by atoms with Gasteiger partial charge in [-0.2, -0.15) is 11.3 Å². The van der Waals surface area contributed by atoms with Crippen molar-refractivity contribution in [1.29, 1.82) is 0 Å². The molecule has 0 bridgehead atoms. The SMILES string of the molecule is CCNCc1ccc(CN(C)Cc2ccsc2)cc1. The lowest BCUT2D eigenvalue weighted by molar-refractivity contribution is 0.319. The van der Waals surface area contributed by atoms with Gasteiger partial charge in [-0.05, 0) is 47.1 Å². The first-order valence-electron chi connectivity index (χ1n) is 6.76. The van der Waals surface area contributed by atoms with Crippen LogP contribution in [0.1, 0.15) is 23.6 Å². The Bertz CT molecular complexity index is 462. The molecule has 2 rings (SSSR count). The minimum Gasteiger partial charge on any atom is -0.313 e. The highest BCUT2D eigenvalue weighted by atomic mass is 32.1. The topological polar surface area (TPSA) is 15.3 Å². The fraction of sp³-hybridized carbons (Fsp3) is 0.375. The van der Waals surface area contributed by atoms with Gasteiger partial charge in [0.15, 0.2) is 0 Å². The van der Waals surface area contributed by atoms with Crippen molar-refractivity contribution < 1.29 is 0 Å². The molecule has 2 aromatic rings. The molecule has 0 unspecified atom stereocenters. The summed E-state index contributed by atoms with van der Waals surface area (Å²) in [6.07, 6.45) is 0. The van der Waals surface area contributed by atoms with Gasteiger partial charge < -0.3 is 5.32 Å². The van der Waals surface area contributed by atoms with E-state index in [1.165, 1.54) is 16.7 Å². The number of benzene rings is 1. The minimum absolute atomic E-state index is 0.960. The zero-order valence-corrected chi connectivity index (χ0v) is 12.5. The molecule has 0 saturated carbocycles. The largest absolute Gasteiger partial charge is 0.313 e. The van der Waals surface area contributed by atoms with Gasteiger partial charge in [-0.1, -0.05) is 31.2 Å². The normalized spacial score (nSPS) is 11.1. The van der Waals surface area contributed by atoms with Crippen molar-refractivity contribution in [1.82, 2.24) is 10.2 Å². The van der Waals surface area contributed by atoms with Gasteiger partial charge in [0.2, 0.25) is 0 Å². The Balaban J connectivity index is 1.84. The van der Waals surface area contributed by atoms with Crippen molar-refractivity contribution >= 4 is 11.3 Å². The van der Waals surface area contributed by atoms with Gasteiger partial charge in [0.05, 0.1) is 0 Å². The van der Waals surface area contributed by atoms with Crippen molar-refractivity contribution in [3.05, 3.63) is 57.8 Å². The van der Waals surface area contributed by atoms with E-state index in [0.29, 0.717) is 0 Å². The molecule has 0 spiro atoms. The molecule has 3 heteroatoms. The van der Waals surface area contributed by atoms with Crippen molar-refractivity contribution in [3.8, 4) is 0 Å². The Kier molecular flexibility index (Phi) is 5.58. The number of rotatable bonds is 7. The van der Waals surface area contributed by atoms with Gasteiger partial charge in [0.1, 0.15) is 0 Å². The van der Waals surface area contributed by atoms with Crippen LogP contribution in [0.4, 0.5) is 0 Å². The van der Waals surface area contributed by atoms with Gasteiger partial charge in [-0.3, -0.25) is 4.90 Å². The molecule has 2 nitrogen and oxygen atoms in total. The molecule has 0 saturated heterocycles. The summed E-state index contributed by atoms with van der Waals surface area (Å²) < 4.78 is 0. The summed E-state index contributed by atoms with van der Waals surface area (Å²) in [5.41, 5.74) is 4.13. The second kappa shape index (κ2) is 7.43. The zero-order valence-electron chi connectivity index (χ0n) is 11.7. The van der Waals surface area contributed by atoms with Crippen LogP contribution >= 0.6 is 11.3 Å². The first-order chi connectivity index (χ1) is 9.28. The van der Waals surface area contributed by atoms with E-state index in [1.807, 2.05) is 0 Å². The van der Waals surface area contributed by atoms with E-state index >= 15 is 0 Å². The predicted molar refractivity (Wildman–Crippen MR) is 83.3 cm³/mol. The minimum atomic E-state index is 0.960. The smallest absolute Gasteiger partial charge is 0.0242 e. The van der Waals surface area contributed by atoms with E-state index in [-0.39, 0.29) is 0 Å². The molecule has 0 fully saturated rings. The van der Waals surface area contributed by atoms with Crippen LogP contribution in [0.25, 0.3) is 0 Å². The van der Waals surface area contributed by atoms with Crippen LogP contribution in [0, 0.1) is 0 Å². The molecular weight excluding hydrogens is 252 g/mol. The Hall–Kier alpha value is -1.16. The highest BCUT2D eigenvalue weighted by molar-refractivity contribution is 7.07. The van der Waals surface area contributed by atoms with Crippen LogP contribution in [0.3, 0.4) is 0 Å². The molecule has 0 amide bonds. The van der Waals surface area contributed by atoms with E-state index in [1.54, 1.807) is 11.3 Å². The summed E-state index contributed by atoms with van der Waals surface area (Å²) in [5.74, 6) is 0. The molecule has 102 valence electrons. The van der Waals surface area contributed by atoms with Crippen LogP contribution in [0.15, 0.2) is 41.1 Å². The summed E-state index contributed by atoms with van der Waals surface area (Å²) >= 11 is 1.76. The molecule has 0 aliphatic rings. The lowest BCUT2D eigenvalue weighted by Gasteiger charge is -2.16. The Morgan fingerprint density at radius 2 is 1.68 bits per heavy atom. The van der Waals surface area contributed by atoms with Gasteiger partial charge in [-0.15, -0.1) is 0 Å². The number of hydrogen-bond acceptors (Lipinski definition) is 3. The number of thiophene rings is 1. The molecule has 1 aromatic carbocycles. The van der Waals surface area contributed by atoms with E-state index in [2.05, 4.69) is 65.3 Å². The third-order valence-electron chi connectivity index (χ3n) is 3.09. The third kappa shape index (κ3) is 4.78. The summed E-state index contributed by atoms with van der Waals surface area (Å²) in [7, 11) is 2.17. The van der Waals surface area contributed by atoms with Crippen molar-refractivity contribution in [2.75, 3.05) is 13.6 Å². The lowest BCUT2D eigenvalue weighted by Crippen LogP contribution is -2.17. The Morgan fingerprint density at radius 1 is 1.00 bits per heavy atom. The van der Waals surface area contributed by atoms with Crippen LogP contribution in [0.2, 0.25) is 0 Å². The second-order valence-corrected chi connectivity index (χ2v) is 5.68. The van der Waals surface area contributed by atoms with Gasteiger partial charge in [-0.25, -0.2) is 0 Å². The summed E-state index contributed by atoms with van der Waals surface area (Å²) in [4.78, 5) is 2.35. The number of hydrogen-bond donors (Lipinski definition) is 1. The number of nitrogens with one attached hydrogen (secondary N) is 1. The molecular formula is C16H22N2S. The monoisotopic (exact) mass is 274 g/mol. The van der Waals surface area contributed by atoms with Crippen LogP contribution in [-0.2, 0) is 19.6 Å². The third-order valence-corrected chi connectivity index (χ3v) is 3.82. The lowest BCUT2D eigenvalue weighted by atomic mass is 10.1. The maximum absolute atomic E-state index is 3.35. The van der Waals surface area contributed by atoms with Crippen LogP contribution in [-0.4, -0.2) is 18.5 Å². The van der Waals surface area contributed by atoms with Crippen LogP contribution < -0.4 is 5.32 Å². The first kappa shape index (κ1) is 14.3. The maximum atomic E-state index is 3.35. The van der Waals surface area contributed by atoms with Crippen molar-refractivity contribution in [3.63, 3.8) is 0 Å². The molecule has 0 atom stereocenters. The quantitative estimate of drug-likeness (QED) is 0.831. The fourth-order valence-corrected chi connectivity index (χ4v) is 2.75. The molecule has 19 heavy (non-hydrogen) atoms. The second-order valence-electron chi connectivity index (χ2n) is 4.90. The average molecular weight is 274 g/mol. The summed E-state index contributed by atoms with van der Waals surface area (Å²) in [5, 5.41) is 7.70. The predicted octanol–water partition coefficient (Wildman–Crippen LogP) is 3.49. The highest BCUT2D eigenvalue weighted by Gasteiger charge is 2.02. The fourth-order valence-electron chi connectivity index (χ4n) is 2.09. The zero-order chi connectivity index (χ0) is 13.5. The van der Waals surface area contributed by atoms with Gasteiger partial charge in [0, 0.05) is 19.6 Å².